The topological polar surface area (TPSA) is 59.8 Å². The Balaban J connectivity index is 1.78. The van der Waals surface area contributed by atoms with Crippen molar-refractivity contribution in [2.24, 2.45) is 0 Å². The molecule has 1 amide bonds. The number of nitrogens with zero attached hydrogens (tertiary/aromatic N) is 3. The molecule has 0 saturated carbocycles. The lowest BCUT2D eigenvalue weighted by Crippen LogP contribution is -2.13. The van der Waals surface area contributed by atoms with Gasteiger partial charge in [0.15, 0.2) is 5.82 Å². The number of carbonyl (C=O) groups is 1. The molecule has 0 fully saturated rings. The summed E-state index contributed by atoms with van der Waals surface area (Å²) in [7, 11) is 0. The summed E-state index contributed by atoms with van der Waals surface area (Å²) in [4.78, 5) is 16.3. The molecule has 104 valence electrons. The summed E-state index contributed by atoms with van der Waals surface area (Å²) in [5.74, 6) is 0.386. The van der Waals surface area contributed by atoms with E-state index in [0.717, 1.165) is 0 Å². The van der Waals surface area contributed by atoms with E-state index in [0.29, 0.717) is 22.1 Å². The third-order valence-electron chi connectivity index (χ3n) is 2.87. The monoisotopic (exact) mass is 298 g/mol. The Kier molecular flexibility index (Phi) is 3.66. The maximum absolute atomic E-state index is 12.1. The first-order chi connectivity index (χ1) is 10.2. The molecule has 6 heteroatoms. The number of hydrogen-bond donors (Lipinski definition) is 1. The minimum absolute atomic E-state index is 0.261. The van der Waals surface area contributed by atoms with Crippen LogP contribution < -0.4 is 5.32 Å². The molecule has 0 aliphatic heterocycles. The Hall–Kier alpha value is -2.66. The van der Waals surface area contributed by atoms with Gasteiger partial charge < -0.3 is 5.32 Å². The van der Waals surface area contributed by atoms with E-state index in [2.05, 4.69) is 15.4 Å². The SMILES string of the molecule is O=C(Nc1ccccc1Cl)c1ccc(-n2cccn2)nc1. The Morgan fingerprint density at radius 2 is 2.00 bits per heavy atom. The number of pyridine rings is 1. The van der Waals surface area contributed by atoms with E-state index in [-0.39, 0.29) is 5.91 Å². The summed E-state index contributed by atoms with van der Waals surface area (Å²) in [6.45, 7) is 0. The first-order valence-electron chi connectivity index (χ1n) is 6.26. The fourth-order valence-corrected chi connectivity index (χ4v) is 2.00. The minimum Gasteiger partial charge on any atom is -0.321 e. The number of nitrogens with one attached hydrogen (secondary N) is 1. The van der Waals surface area contributed by atoms with E-state index in [9.17, 15) is 4.79 Å². The highest BCUT2D eigenvalue weighted by Gasteiger charge is 2.09. The number of aromatic nitrogens is 3. The largest absolute Gasteiger partial charge is 0.321 e. The van der Waals surface area contributed by atoms with Gasteiger partial charge in [0, 0.05) is 18.6 Å². The molecule has 5 nitrogen and oxygen atoms in total. The molecule has 0 bridgehead atoms. The quantitative estimate of drug-likeness (QED) is 0.808. The van der Waals surface area contributed by atoms with Crippen LogP contribution in [0.3, 0.4) is 0 Å². The summed E-state index contributed by atoms with van der Waals surface area (Å²) in [6, 6.07) is 12.3. The third-order valence-corrected chi connectivity index (χ3v) is 3.20. The van der Waals surface area contributed by atoms with Crippen LogP contribution in [0.1, 0.15) is 10.4 Å². The van der Waals surface area contributed by atoms with Crippen LogP contribution in [-0.2, 0) is 0 Å². The molecule has 3 aromatic rings. The van der Waals surface area contributed by atoms with Crippen molar-refractivity contribution in [3.8, 4) is 5.82 Å². The van der Waals surface area contributed by atoms with Crippen LogP contribution in [0.25, 0.3) is 5.82 Å². The van der Waals surface area contributed by atoms with Crippen LogP contribution in [0.15, 0.2) is 61.1 Å². The predicted molar refractivity (Wildman–Crippen MR) is 80.8 cm³/mol. The van der Waals surface area contributed by atoms with E-state index in [1.165, 1.54) is 6.20 Å². The Morgan fingerprint density at radius 3 is 2.67 bits per heavy atom. The lowest BCUT2D eigenvalue weighted by atomic mass is 10.2. The summed E-state index contributed by atoms with van der Waals surface area (Å²) < 4.78 is 1.62. The van der Waals surface area contributed by atoms with Gasteiger partial charge in [0.2, 0.25) is 0 Å². The molecular formula is C15H11ClN4O. The van der Waals surface area contributed by atoms with Crippen molar-refractivity contribution in [2.75, 3.05) is 5.32 Å². The van der Waals surface area contributed by atoms with Crippen molar-refractivity contribution < 1.29 is 4.79 Å². The molecule has 0 aliphatic rings. The maximum Gasteiger partial charge on any atom is 0.257 e. The summed E-state index contributed by atoms with van der Waals surface area (Å²) in [5.41, 5.74) is 1.02. The van der Waals surface area contributed by atoms with Gasteiger partial charge in [-0.15, -0.1) is 0 Å². The molecule has 0 saturated heterocycles. The molecule has 0 aliphatic carbocycles. The molecule has 0 spiro atoms. The predicted octanol–water partition coefficient (Wildman–Crippen LogP) is 3.17. The lowest BCUT2D eigenvalue weighted by Gasteiger charge is -2.07. The van der Waals surface area contributed by atoms with Gasteiger partial charge in [-0.25, -0.2) is 9.67 Å². The fourth-order valence-electron chi connectivity index (χ4n) is 1.82. The maximum atomic E-state index is 12.1. The van der Waals surface area contributed by atoms with Crippen LogP contribution in [0.4, 0.5) is 5.69 Å². The Morgan fingerprint density at radius 1 is 1.14 bits per heavy atom. The van der Waals surface area contributed by atoms with E-state index in [1.807, 2.05) is 0 Å². The average molecular weight is 299 g/mol. The Labute approximate surface area is 126 Å². The van der Waals surface area contributed by atoms with Crippen LogP contribution in [0.2, 0.25) is 5.02 Å². The second-order valence-electron chi connectivity index (χ2n) is 4.29. The molecule has 2 aromatic heterocycles. The number of hydrogen-bond acceptors (Lipinski definition) is 3. The second-order valence-corrected chi connectivity index (χ2v) is 4.70. The second kappa shape index (κ2) is 5.76. The van der Waals surface area contributed by atoms with E-state index in [1.54, 1.807) is 59.5 Å². The molecule has 0 unspecified atom stereocenters. The lowest BCUT2D eigenvalue weighted by molar-refractivity contribution is 0.102. The zero-order valence-corrected chi connectivity index (χ0v) is 11.7. The van der Waals surface area contributed by atoms with E-state index >= 15 is 0 Å². The van der Waals surface area contributed by atoms with E-state index in [4.69, 9.17) is 11.6 Å². The molecule has 0 radical (unpaired) electrons. The molecular weight excluding hydrogens is 288 g/mol. The number of anilines is 1. The molecule has 1 N–H and O–H groups in total. The van der Waals surface area contributed by atoms with Crippen LogP contribution in [0, 0.1) is 0 Å². The summed E-state index contributed by atoms with van der Waals surface area (Å²) in [6.07, 6.45) is 4.95. The molecule has 1 aromatic carbocycles. The van der Waals surface area contributed by atoms with Gasteiger partial charge in [-0.1, -0.05) is 23.7 Å². The third kappa shape index (κ3) is 2.93. The number of carbonyl (C=O) groups excluding carboxylic acids is 1. The number of halogens is 1. The molecule has 3 rings (SSSR count). The van der Waals surface area contributed by atoms with Gasteiger partial charge in [0.25, 0.3) is 5.91 Å². The van der Waals surface area contributed by atoms with Gasteiger partial charge in [-0.2, -0.15) is 5.10 Å². The zero-order valence-electron chi connectivity index (χ0n) is 10.9. The van der Waals surface area contributed by atoms with Crippen molar-refractivity contribution in [2.45, 2.75) is 0 Å². The zero-order chi connectivity index (χ0) is 14.7. The Bertz CT molecular complexity index is 754. The summed E-state index contributed by atoms with van der Waals surface area (Å²) in [5, 5.41) is 7.32. The number of rotatable bonds is 3. The fraction of sp³-hybridized carbons (Fsp3) is 0. The van der Waals surface area contributed by atoms with Crippen molar-refractivity contribution in [3.63, 3.8) is 0 Å². The minimum atomic E-state index is -0.261. The van der Waals surface area contributed by atoms with Crippen molar-refractivity contribution >= 4 is 23.2 Å². The van der Waals surface area contributed by atoms with Gasteiger partial charge in [-0.3, -0.25) is 4.79 Å². The number of amides is 1. The van der Waals surface area contributed by atoms with Crippen molar-refractivity contribution in [1.29, 1.82) is 0 Å². The van der Waals surface area contributed by atoms with E-state index < -0.39 is 0 Å². The van der Waals surface area contributed by atoms with Crippen molar-refractivity contribution in [1.82, 2.24) is 14.8 Å². The van der Waals surface area contributed by atoms with Crippen LogP contribution in [-0.4, -0.2) is 20.7 Å². The highest BCUT2D eigenvalue weighted by atomic mass is 35.5. The molecule has 2 heterocycles. The van der Waals surface area contributed by atoms with Crippen LogP contribution >= 0.6 is 11.6 Å². The first kappa shape index (κ1) is 13.3. The summed E-state index contributed by atoms with van der Waals surface area (Å²) >= 11 is 6.01. The normalized spacial score (nSPS) is 10.3. The number of para-hydroxylation sites is 1. The van der Waals surface area contributed by atoms with Crippen LogP contribution in [0.5, 0.6) is 0 Å². The molecule has 0 atom stereocenters. The van der Waals surface area contributed by atoms with Gasteiger partial charge in [0.1, 0.15) is 0 Å². The number of benzene rings is 1. The average Bonchev–Trinajstić information content (AvgIpc) is 3.04. The van der Waals surface area contributed by atoms with Gasteiger partial charge >= 0.3 is 0 Å². The first-order valence-corrected chi connectivity index (χ1v) is 6.64. The highest BCUT2D eigenvalue weighted by molar-refractivity contribution is 6.33. The molecule has 21 heavy (non-hydrogen) atoms. The van der Waals surface area contributed by atoms with Gasteiger partial charge in [-0.05, 0) is 30.3 Å². The smallest absolute Gasteiger partial charge is 0.257 e. The standard InChI is InChI=1S/C15H11ClN4O/c16-12-4-1-2-5-13(12)19-15(21)11-6-7-14(17-10-11)20-9-3-8-18-20/h1-10H,(H,19,21). The highest BCUT2D eigenvalue weighted by Crippen LogP contribution is 2.21. The van der Waals surface area contributed by atoms with Gasteiger partial charge in [0.05, 0.1) is 16.3 Å². The van der Waals surface area contributed by atoms with Crippen molar-refractivity contribution in [3.05, 3.63) is 71.6 Å².